The SMILES string of the molecule is FC(F)(F)C1CN(c2nnnn2-c2ccccc2)CCO1. The van der Waals surface area contributed by atoms with E-state index in [0.29, 0.717) is 12.2 Å². The Balaban J connectivity index is 1.87. The molecule has 0 radical (unpaired) electrons. The van der Waals surface area contributed by atoms with Gasteiger partial charge < -0.3 is 9.64 Å². The van der Waals surface area contributed by atoms with E-state index in [1.807, 2.05) is 6.07 Å². The maximum absolute atomic E-state index is 12.8. The van der Waals surface area contributed by atoms with Crippen molar-refractivity contribution in [3.05, 3.63) is 30.3 Å². The van der Waals surface area contributed by atoms with Gasteiger partial charge in [0.15, 0.2) is 6.10 Å². The smallest absolute Gasteiger partial charge is 0.365 e. The average Bonchev–Trinajstić information content (AvgIpc) is 2.97. The zero-order chi connectivity index (χ0) is 14.9. The molecule has 2 heterocycles. The molecule has 0 aliphatic carbocycles. The molecule has 1 aliphatic rings. The van der Waals surface area contributed by atoms with Crippen LogP contribution in [-0.4, -0.2) is 52.2 Å². The van der Waals surface area contributed by atoms with Gasteiger partial charge >= 0.3 is 6.18 Å². The first-order valence-electron chi connectivity index (χ1n) is 6.33. The van der Waals surface area contributed by atoms with Crippen molar-refractivity contribution in [1.29, 1.82) is 0 Å². The molecule has 3 rings (SSSR count). The number of rotatable bonds is 2. The molecule has 1 aromatic heterocycles. The molecule has 0 amide bonds. The van der Waals surface area contributed by atoms with Gasteiger partial charge in [0, 0.05) is 6.54 Å². The van der Waals surface area contributed by atoms with Gasteiger partial charge in [0.2, 0.25) is 0 Å². The van der Waals surface area contributed by atoms with Crippen LogP contribution in [0.25, 0.3) is 5.69 Å². The largest absolute Gasteiger partial charge is 0.416 e. The van der Waals surface area contributed by atoms with Gasteiger partial charge in [-0.2, -0.15) is 17.9 Å². The Hall–Kier alpha value is -2.16. The third kappa shape index (κ3) is 2.82. The molecule has 112 valence electrons. The van der Waals surface area contributed by atoms with E-state index in [-0.39, 0.29) is 19.1 Å². The molecule has 0 spiro atoms. The second-order valence-electron chi connectivity index (χ2n) is 4.57. The number of alkyl halides is 3. The van der Waals surface area contributed by atoms with Gasteiger partial charge in [0.1, 0.15) is 0 Å². The maximum Gasteiger partial charge on any atom is 0.416 e. The van der Waals surface area contributed by atoms with Crippen LogP contribution in [0.2, 0.25) is 0 Å². The van der Waals surface area contributed by atoms with Crippen LogP contribution in [0, 0.1) is 0 Å². The lowest BCUT2D eigenvalue weighted by Crippen LogP contribution is -2.50. The van der Waals surface area contributed by atoms with Crippen LogP contribution in [0.1, 0.15) is 0 Å². The number of hydrogen-bond acceptors (Lipinski definition) is 5. The Bertz CT molecular complexity index is 600. The highest BCUT2D eigenvalue weighted by Crippen LogP contribution is 2.27. The summed E-state index contributed by atoms with van der Waals surface area (Å²) in [4.78, 5) is 1.48. The van der Waals surface area contributed by atoms with E-state index in [0.717, 1.165) is 0 Å². The molecule has 0 bridgehead atoms. The van der Waals surface area contributed by atoms with E-state index in [4.69, 9.17) is 4.74 Å². The number of hydrogen-bond donors (Lipinski definition) is 0. The number of para-hydroxylation sites is 1. The highest BCUT2D eigenvalue weighted by atomic mass is 19.4. The van der Waals surface area contributed by atoms with Gasteiger partial charge in [-0.05, 0) is 22.6 Å². The van der Waals surface area contributed by atoms with Gasteiger partial charge in [0.25, 0.3) is 5.95 Å². The second-order valence-corrected chi connectivity index (χ2v) is 4.57. The molecule has 1 fully saturated rings. The van der Waals surface area contributed by atoms with Gasteiger partial charge in [-0.3, -0.25) is 0 Å². The molecule has 0 saturated carbocycles. The lowest BCUT2D eigenvalue weighted by atomic mass is 10.2. The Labute approximate surface area is 118 Å². The van der Waals surface area contributed by atoms with Crippen LogP contribution in [0.5, 0.6) is 0 Å². The predicted octanol–water partition coefficient (Wildman–Crippen LogP) is 1.43. The first-order chi connectivity index (χ1) is 10.1. The fourth-order valence-electron chi connectivity index (χ4n) is 2.14. The fourth-order valence-corrected chi connectivity index (χ4v) is 2.14. The van der Waals surface area contributed by atoms with Crippen molar-refractivity contribution in [2.45, 2.75) is 12.3 Å². The molecular formula is C12H12F3N5O. The minimum atomic E-state index is -4.40. The van der Waals surface area contributed by atoms with Crippen molar-refractivity contribution < 1.29 is 17.9 Å². The lowest BCUT2D eigenvalue weighted by Gasteiger charge is -2.33. The van der Waals surface area contributed by atoms with E-state index in [9.17, 15) is 13.2 Å². The number of tetrazole rings is 1. The van der Waals surface area contributed by atoms with Crippen molar-refractivity contribution in [2.24, 2.45) is 0 Å². The summed E-state index contributed by atoms with van der Waals surface area (Å²) in [6.45, 7) is -0.0394. The van der Waals surface area contributed by atoms with Crippen LogP contribution in [0.4, 0.5) is 19.1 Å². The summed E-state index contributed by atoms with van der Waals surface area (Å²) in [6, 6.07) is 9.00. The van der Waals surface area contributed by atoms with Crippen molar-refractivity contribution >= 4 is 5.95 Å². The molecule has 6 nitrogen and oxygen atoms in total. The zero-order valence-corrected chi connectivity index (χ0v) is 10.9. The monoisotopic (exact) mass is 299 g/mol. The van der Waals surface area contributed by atoms with Gasteiger partial charge in [-0.25, -0.2) is 0 Å². The van der Waals surface area contributed by atoms with Gasteiger partial charge in [0.05, 0.1) is 18.8 Å². The first-order valence-corrected chi connectivity index (χ1v) is 6.33. The number of anilines is 1. The molecule has 1 unspecified atom stereocenters. The quantitative estimate of drug-likeness (QED) is 0.839. The molecule has 1 aliphatic heterocycles. The summed E-state index contributed by atoms with van der Waals surface area (Å²) in [7, 11) is 0. The fraction of sp³-hybridized carbons (Fsp3) is 0.417. The van der Waals surface area contributed by atoms with Crippen LogP contribution in [0.15, 0.2) is 30.3 Å². The summed E-state index contributed by atoms with van der Waals surface area (Å²) < 4.78 is 44.5. The molecule has 9 heteroatoms. The summed E-state index contributed by atoms with van der Waals surface area (Å²) in [5.74, 6) is 0.277. The number of ether oxygens (including phenoxy) is 1. The summed E-state index contributed by atoms with van der Waals surface area (Å²) >= 11 is 0. The van der Waals surface area contributed by atoms with Crippen LogP contribution in [0.3, 0.4) is 0 Å². The van der Waals surface area contributed by atoms with E-state index >= 15 is 0 Å². The summed E-state index contributed by atoms with van der Waals surface area (Å²) in [5, 5.41) is 11.2. The third-order valence-corrected chi connectivity index (χ3v) is 3.17. The molecule has 1 saturated heterocycles. The van der Waals surface area contributed by atoms with Crippen LogP contribution < -0.4 is 4.90 Å². The third-order valence-electron chi connectivity index (χ3n) is 3.17. The standard InChI is InChI=1S/C12H12F3N5O/c13-12(14,15)10-8-19(6-7-21-10)11-16-17-18-20(11)9-4-2-1-3-5-9/h1-5,10H,6-8H2. The molecular weight excluding hydrogens is 287 g/mol. The molecule has 0 N–H and O–H groups in total. The number of benzene rings is 1. The maximum atomic E-state index is 12.8. The second kappa shape index (κ2) is 5.32. The predicted molar refractivity (Wildman–Crippen MR) is 67.2 cm³/mol. The summed E-state index contributed by atoms with van der Waals surface area (Å²) in [5.41, 5.74) is 0.688. The molecule has 1 atom stereocenters. The topological polar surface area (TPSA) is 56.1 Å². The Morgan fingerprint density at radius 2 is 1.95 bits per heavy atom. The normalized spacial score (nSPS) is 19.8. The number of halogens is 3. The molecule has 21 heavy (non-hydrogen) atoms. The Kier molecular flexibility index (Phi) is 3.50. The number of morpholine rings is 1. The molecule has 1 aromatic carbocycles. The minimum Gasteiger partial charge on any atom is -0.365 e. The van der Waals surface area contributed by atoms with Crippen molar-refractivity contribution in [1.82, 2.24) is 20.2 Å². The Morgan fingerprint density at radius 3 is 2.67 bits per heavy atom. The Morgan fingerprint density at radius 1 is 1.19 bits per heavy atom. The van der Waals surface area contributed by atoms with Crippen molar-refractivity contribution in [3.63, 3.8) is 0 Å². The highest BCUT2D eigenvalue weighted by Gasteiger charge is 2.44. The van der Waals surface area contributed by atoms with E-state index in [1.54, 1.807) is 24.3 Å². The van der Waals surface area contributed by atoms with Crippen LogP contribution >= 0.6 is 0 Å². The van der Waals surface area contributed by atoms with E-state index in [1.165, 1.54) is 9.58 Å². The first kappa shape index (κ1) is 13.8. The minimum absolute atomic E-state index is 0.0220. The van der Waals surface area contributed by atoms with E-state index in [2.05, 4.69) is 15.5 Å². The zero-order valence-electron chi connectivity index (χ0n) is 10.9. The van der Waals surface area contributed by atoms with E-state index < -0.39 is 12.3 Å². The highest BCUT2D eigenvalue weighted by molar-refractivity contribution is 5.40. The lowest BCUT2D eigenvalue weighted by molar-refractivity contribution is -0.221. The average molecular weight is 299 g/mol. The number of nitrogens with zero attached hydrogens (tertiary/aromatic N) is 5. The van der Waals surface area contributed by atoms with Crippen LogP contribution in [-0.2, 0) is 4.74 Å². The van der Waals surface area contributed by atoms with Crippen molar-refractivity contribution in [3.8, 4) is 5.69 Å². The number of aromatic nitrogens is 4. The van der Waals surface area contributed by atoms with Gasteiger partial charge in [-0.15, -0.1) is 0 Å². The molecule has 2 aromatic rings. The summed E-state index contributed by atoms with van der Waals surface area (Å²) in [6.07, 6.45) is -6.23. The van der Waals surface area contributed by atoms with Crippen molar-refractivity contribution in [2.75, 3.05) is 24.6 Å². The van der Waals surface area contributed by atoms with Gasteiger partial charge in [-0.1, -0.05) is 23.3 Å².